The van der Waals surface area contributed by atoms with Crippen LogP contribution in [0.25, 0.3) is 0 Å². The number of benzene rings is 1. The molecule has 2 rings (SSSR count). The normalized spacial score (nSPS) is 12.6. The van der Waals surface area contributed by atoms with Crippen LogP contribution < -0.4 is 4.74 Å². The Morgan fingerprint density at radius 1 is 1.15 bits per heavy atom. The van der Waals surface area contributed by atoms with Gasteiger partial charge in [-0.2, -0.15) is 0 Å². The van der Waals surface area contributed by atoms with Crippen molar-refractivity contribution in [1.29, 1.82) is 0 Å². The highest BCUT2D eigenvalue weighted by Gasteiger charge is 2.12. The molecule has 0 aliphatic rings. The van der Waals surface area contributed by atoms with Crippen molar-refractivity contribution in [3.63, 3.8) is 0 Å². The van der Waals surface area contributed by atoms with Crippen LogP contribution in [0.5, 0.6) is 5.75 Å². The Bertz CT molecular complexity index is 505. The van der Waals surface area contributed by atoms with Crippen molar-refractivity contribution >= 4 is 0 Å². The van der Waals surface area contributed by atoms with Gasteiger partial charge in [0.15, 0.2) is 0 Å². The average Bonchev–Trinajstić information content (AvgIpc) is 2.92. The first-order chi connectivity index (χ1) is 9.66. The van der Waals surface area contributed by atoms with E-state index >= 15 is 0 Å². The van der Waals surface area contributed by atoms with Crippen LogP contribution in [0.15, 0.2) is 48.8 Å². The zero-order chi connectivity index (χ0) is 14.4. The van der Waals surface area contributed by atoms with E-state index in [0.29, 0.717) is 6.61 Å². The second kappa shape index (κ2) is 7.15. The lowest BCUT2D eigenvalue weighted by molar-refractivity contribution is 0.127. The molecular formula is C17H23NO2. The Morgan fingerprint density at radius 2 is 1.90 bits per heavy atom. The molecule has 20 heavy (non-hydrogen) atoms. The molecule has 2 aromatic rings. The van der Waals surface area contributed by atoms with E-state index in [1.165, 1.54) is 0 Å². The number of nitrogens with zero attached hydrogens (tertiary/aromatic N) is 1. The maximum atomic E-state index is 9.99. The molecule has 108 valence electrons. The topological polar surface area (TPSA) is 34.4 Å². The van der Waals surface area contributed by atoms with Crippen molar-refractivity contribution in [1.82, 2.24) is 4.57 Å². The predicted molar refractivity (Wildman–Crippen MR) is 80.8 cm³/mol. The molecule has 1 atom stereocenters. The minimum Gasteiger partial charge on any atom is -0.494 e. The smallest absolute Gasteiger partial charge is 0.119 e. The lowest BCUT2D eigenvalue weighted by Gasteiger charge is -2.12. The average molecular weight is 273 g/mol. The molecule has 0 bridgehead atoms. The third-order valence-electron chi connectivity index (χ3n) is 3.32. The molecular weight excluding hydrogens is 250 g/mol. The van der Waals surface area contributed by atoms with Gasteiger partial charge in [0, 0.05) is 18.9 Å². The fourth-order valence-electron chi connectivity index (χ4n) is 2.11. The van der Waals surface area contributed by atoms with Gasteiger partial charge < -0.3 is 14.4 Å². The molecule has 0 aliphatic carbocycles. The Morgan fingerprint density at radius 3 is 2.60 bits per heavy atom. The molecule has 0 fully saturated rings. The van der Waals surface area contributed by atoms with Gasteiger partial charge in [0.05, 0.1) is 12.7 Å². The molecule has 0 radical (unpaired) electrons. The van der Waals surface area contributed by atoms with Crippen molar-refractivity contribution in [2.45, 2.75) is 32.9 Å². The summed E-state index contributed by atoms with van der Waals surface area (Å²) in [4.78, 5) is 0. The number of para-hydroxylation sites is 1. The summed E-state index contributed by atoms with van der Waals surface area (Å²) >= 11 is 0. The Labute approximate surface area is 120 Å². The van der Waals surface area contributed by atoms with Crippen LogP contribution >= 0.6 is 0 Å². The van der Waals surface area contributed by atoms with Crippen molar-refractivity contribution in [2.75, 3.05) is 6.61 Å². The maximum absolute atomic E-state index is 9.99. The predicted octanol–water partition coefficient (Wildman–Crippen LogP) is 3.65. The second-order valence-electron chi connectivity index (χ2n) is 5.39. The largest absolute Gasteiger partial charge is 0.494 e. The van der Waals surface area contributed by atoms with Crippen LogP contribution in [-0.4, -0.2) is 16.3 Å². The van der Waals surface area contributed by atoms with Crippen LogP contribution in [0.3, 0.4) is 0 Å². The lowest BCUT2D eigenvalue weighted by atomic mass is 10.0. The summed E-state index contributed by atoms with van der Waals surface area (Å²) in [6, 6.07) is 11.8. The zero-order valence-corrected chi connectivity index (χ0v) is 12.2. The van der Waals surface area contributed by atoms with Gasteiger partial charge in [-0.05, 0) is 36.1 Å². The van der Waals surface area contributed by atoms with E-state index in [1.54, 1.807) is 0 Å². The summed E-state index contributed by atoms with van der Waals surface area (Å²) in [5.74, 6) is 1.16. The summed E-state index contributed by atoms with van der Waals surface area (Å²) in [6.45, 7) is 5.65. The molecule has 0 aliphatic heterocycles. The molecule has 3 heteroatoms. The van der Waals surface area contributed by atoms with Crippen LogP contribution in [0.1, 0.15) is 31.9 Å². The summed E-state index contributed by atoms with van der Waals surface area (Å²) in [5, 5.41) is 9.99. The fraction of sp³-hybridized carbons (Fsp3) is 0.412. The monoisotopic (exact) mass is 273 g/mol. The third-order valence-corrected chi connectivity index (χ3v) is 3.32. The Kier molecular flexibility index (Phi) is 5.24. The second-order valence-corrected chi connectivity index (χ2v) is 5.39. The number of aromatic nitrogens is 1. The first-order valence-corrected chi connectivity index (χ1v) is 7.18. The minimum atomic E-state index is -0.378. The number of rotatable bonds is 7. The lowest BCUT2D eigenvalue weighted by Crippen LogP contribution is -2.05. The van der Waals surface area contributed by atoms with Crippen LogP contribution in [0.4, 0.5) is 0 Å². The van der Waals surface area contributed by atoms with Gasteiger partial charge in [-0.1, -0.05) is 32.0 Å². The quantitative estimate of drug-likeness (QED) is 0.781. The summed E-state index contributed by atoms with van der Waals surface area (Å²) < 4.78 is 7.76. The van der Waals surface area contributed by atoms with Crippen LogP contribution in [0.2, 0.25) is 0 Å². The molecule has 1 N–H and O–H groups in total. The zero-order valence-electron chi connectivity index (χ0n) is 12.2. The SMILES string of the molecule is CC(C)C(O)c1ccn(CCCOc2ccccc2)c1. The van der Waals surface area contributed by atoms with Crippen molar-refractivity contribution in [3.05, 3.63) is 54.4 Å². The van der Waals surface area contributed by atoms with Crippen LogP contribution in [0, 0.1) is 5.92 Å². The molecule has 0 spiro atoms. The number of aryl methyl sites for hydroxylation is 1. The van der Waals surface area contributed by atoms with E-state index in [2.05, 4.69) is 4.57 Å². The van der Waals surface area contributed by atoms with E-state index in [4.69, 9.17) is 4.74 Å². The fourth-order valence-corrected chi connectivity index (χ4v) is 2.11. The summed E-state index contributed by atoms with van der Waals surface area (Å²) in [7, 11) is 0. The molecule has 1 aromatic heterocycles. The summed E-state index contributed by atoms with van der Waals surface area (Å²) in [5.41, 5.74) is 0.990. The van der Waals surface area contributed by atoms with E-state index in [0.717, 1.165) is 24.3 Å². The van der Waals surface area contributed by atoms with Gasteiger partial charge in [0.1, 0.15) is 5.75 Å². The van der Waals surface area contributed by atoms with E-state index in [1.807, 2.05) is 62.6 Å². The van der Waals surface area contributed by atoms with Crippen LogP contribution in [-0.2, 0) is 6.54 Å². The molecule has 0 saturated carbocycles. The number of aliphatic hydroxyl groups excluding tert-OH is 1. The minimum absolute atomic E-state index is 0.243. The highest BCUT2D eigenvalue weighted by molar-refractivity contribution is 5.20. The van der Waals surface area contributed by atoms with Gasteiger partial charge in [0.2, 0.25) is 0 Å². The molecule has 1 unspecified atom stereocenters. The Hall–Kier alpha value is -1.74. The number of hydrogen-bond acceptors (Lipinski definition) is 2. The van der Waals surface area contributed by atoms with Crippen molar-refractivity contribution in [3.8, 4) is 5.75 Å². The van der Waals surface area contributed by atoms with E-state index in [9.17, 15) is 5.11 Å². The third kappa shape index (κ3) is 4.14. The number of aliphatic hydroxyl groups is 1. The molecule has 1 heterocycles. The van der Waals surface area contributed by atoms with Gasteiger partial charge >= 0.3 is 0 Å². The van der Waals surface area contributed by atoms with Crippen molar-refractivity contribution in [2.24, 2.45) is 5.92 Å². The Balaban J connectivity index is 1.75. The van der Waals surface area contributed by atoms with E-state index < -0.39 is 0 Å². The first kappa shape index (κ1) is 14.7. The summed E-state index contributed by atoms with van der Waals surface area (Å²) in [6.07, 6.45) is 4.61. The molecule has 0 saturated heterocycles. The van der Waals surface area contributed by atoms with Gasteiger partial charge in [-0.3, -0.25) is 0 Å². The molecule has 1 aromatic carbocycles. The van der Waals surface area contributed by atoms with Gasteiger partial charge in [-0.15, -0.1) is 0 Å². The van der Waals surface area contributed by atoms with Gasteiger partial charge in [0.25, 0.3) is 0 Å². The molecule has 3 nitrogen and oxygen atoms in total. The molecule has 0 amide bonds. The standard InChI is InChI=1S/C17H23NO2/c1-14(2)17(19)15-9-11-18(13-15)10-6-12-20-16-7-4-3-5-8-16/h3-5,7-9,11,13-14,17,19H,6,10,12H2,1-2H3. The first-order valence-electron chi connectivity index (χ1n) is 7.18. The number of hydrogen-bond donors (Lipinski definition) is 1. The van der Waals surface area contributed by atoms with E-state index in [-0.39, 0.29) is 12.0 Å². The van der Waals surface area contributed by atoms with Crippen molar-refractivity contribution < 1.29 is 9.84 Å². The maximum Gasteiger partial charge on any atom is 0.119 e. The van der Waals surface area contributed by atoms with Gasteiger partial charge in [-0.25, -0.2) is 0 Å². The highest BCUT2D eigenvalue weighted by atomic mass is 16.5. The number of ether oxygens (including phenoxy) is 1. The highest BCUT2D eigenvalue weighted by Crippen LogP contribution is 2.21.